The van der Waals surface area contributed by atoms with Gasteiger partial charge in [-0.25, -0.2) is 18.3 Å². The maximum Gasteiger partial charge on any atom is 0.401 e. The van der Waals surface area contributed by atoms with E-state index in [1.165, 1.54) is 48.4 Å². The first-order valence-electron chi connectivity index (χ1n) is 12.1. The molecule has 1 N–H and O–H groups in total. The van der Waals surface area contributed by atoms with E-state index in [1.807, 2.05) is 0 Å². The number of aromatic nitrogens is 3. The summed E-state index contributed by atoms with van der Waals surface area (Å²) in [7, 11) is 0. The highest BCUT2D eigenvalue weighted by molar-refractivity contribution is 6.29. The average Bonchev–Trinajstić information content (AvgIpc) is 3.10. The topological polar surface area (TPSA) is 71.8 Å². The number of alkyl halides is 5. The van der Waals surface area contributed by atoms with Crippen molar-refractivity contribution in [3.63, 3.8) is 0 Å². The van der Waals surface area contributed by atoms with Gasteiger partial charge in [0, 0.05) is 31.5 Å². The van der Waals surface area contributed by atoms with Crippen LogP contribution in [0.5, 0.6) is 0 Å². The molecule has 38 heavy (non-hydrogen) atoms. The first kappa shape index (κ1) is 25.3. The number of ether oxygens (including phenoxy) is 1. The lowest BCUT2D eigenvalue weighted by molar-refractivity contribution is -0.181. The molecule has 1 saturated carbocycles. The van der Waals surface area contributed by atoms with E-state index in [0.717, 1.165) is 17.9 Å². The van der Waals surface area contributed by atoms with Crippen molar-refractivity contribution in [3.05, 3.63) is 52.9 Å². The Bertz CT molecular complexity index is 1440. The van der Waals surface area contributed by atoms with Crippen molar-refractivity contribution in [1.82, 2.24) is 19.9 Å². The van der Waals surface area contributed by atoms with Crippen molar-refractivity contribution < 1.29 is 31.5 Å². The Hall–Kier alpha value is -2.99. The second-order valence-electron chi connectivity index (χ2n) is 10.5. The number of carbonyl (C=O) groups excluding carboxylic acids is 1. The third-order valence-electron chi connectivity index (χ3n) is 8.19. The number of fused-ring (bicyclic) bond motifs is 3. The van der Waals surface area contributed by atoms with E-state index in [1.54, 1.807) is 0 Å². The van der Waals surface area contributed by atoms with E-state index in [4.69, 9.17) is 16.3 Å². The van der Waals surface area contributed by atoms with Gasteiger partial charge in [0.05, 0.1) is 29.6 Å². The van der Waals surface area contributed by atoms with Crippen molar-refractivity contribution >= 4 is 34.5 Å². The lowest BCUT2D eigenvalue weighted by atomic mass is 9.87. The standard InChI is InChI=1S/C25H23ClF5N5O2/c1-22(25(29,30)31)12-35(16-11-32-18-9-17(26)34-36(18)20(16)22)14-5-3-13(4-6-14)19-23(2,24(19,27)28)21(37)33-10-15-7-8-38-15/h3-6,9,11,15,19H,7-8,10,12H2,1-2H3,(H,33,37)/t15-,19+,22+,23-/m0/s1. The molecule has 0 bridgehead atoms. The van der Waals surface area contributed by atoms with Crippen LogP contribution in [0, 0.1) is 5.41 Å². The molecule has 2 aromatic heterocycles. The number of amides is 1. The summed E-state index contributed by atoms with van der Waals surface area (Å²) in [4.78, 5) is 18.3. The molecule has 7 nitrogen and oxygen atoms in total. The maximum atomic E-state index is 14.9. The lowest BCUT2D eigenvalue weighted by Gasteiger charge is -2.28. The number of rotatable bonds is 5. The van der Waals surface area contributed by atoms with Gasteiger partial charge in [-0.05, 0) is 38.0 Å². The molecule has 202 valence electrons. The predicted molar refractivity (Wildman–Crippen MR) is 128 cm³/mol. The Morgan fingerprint density at radius 2 is 1.92 bits per heavy atom. The molecule has 1 aromatic carbocycles. The summed E-state index contributed by atoms with van der Waals surface area (Å²) in [5.41, 5.74) is -3.40. The number of halogens is 6. The molecule has 3 aromatic rings. The fourth-order valence-electron chi connectivity index (χ4n) is 5.58. The van der Waals surface area contributed by atoms with Gasteiger partial charge in [-0.1, -0.05) is 23.7 Å². The maximum absolute atomic E-state index is 14.9. The number of nitrogens with one attached hydrogen (secondary N) is 1. The predicted octanol–water partition coefficient (Wildman–Crippen LogP) is 5.00. The number of nitrogens with zero attached hydrogens (tertiary/aromatic N) is 4. The van der Waals surface area contributed by atoms with Crippen LogP contribution in [-0.4, -0.2) is 58.4 Å². The number of carbonyl (C=O) groups is 1. The largest absolute Gasteiger partial charge is 0.401 e. The van der Waals surface area contributed by atoms with Gasteiger partial charge in [-0.2, -0.15) is 18.3 Å². The van der Waals surface area contributed by atoms with Crippen LogP contribution in [0.1, 0.15) is 37.4 Å². The van der Waals surface area contributed by atoms with E-state index in [2.05, 4.69) is 15.4 Å². The van der Waals surface area contributed by atoms with Crippen LogP contribution in [0.2, 0.25) is 5.15 Å². The van der Waals surface area contributed by atoms with E-state index >= 15 is 0 Å². The molecular formula is C25H23ClF5N5O2. The Kier molecular flexibility index (Phi) is 5.33. The van der Waals surface area contributed by atoms with Crippen molar-refractivity contribution in [2.45, 2.75) is 49.8 Å². The first-order chi connectivity index (χ1) is 17.8. The monoisotopic (exact) mass is 555 g/mol. The number of benzene rings is 1. The normalized spacial score (nSPS) is 29.7. The van der Waals surface area contributed by atoms with E-state index in [0.29, 0.717) is 12.3 Å². The van der Waals surface area contributed by atoms with E-state index < -0.39 is 41.3 Å². The van der Waals surface area contributed by atoms with Crippen molar-refractivity contribution in [1.29, 1.82) is 0 Å². The average molecular weight is 556 g/mol. The first-order valence-corrected chi connectivity index (χ1v) is 12.4. The van der Waals surface area contributed by atoms with Gasteiger partial charge in [0.2, 0.25) is 5.91 Å². The zero-order valence-corrected chi connectivity index (χ0v) is 21.1. The SMILES string of the molecule is C[C@@]1(C(F)(F)F)CN(c2ccc([C@H]3C(F)(F)[C@]3(C)C(=O)NC[C@@H]3CCO3)cc2)c2cnc3cc(Cl)nn3c21. The van der Waals surface area contributed by atoms with Crippen molar-refractivity contribution in [2.24, 2.45) is 5.41 Å². The van der Waals surface area contributed by atoms with Gasteiger partial charge in [-0.3, -0.25) is 4.79 Å². The number of hydrogen-bond acceptors (Lipinski definition) is 5. The molecule has 3 aliphatic rings. The molecule has 4 atom stereocenters. The Morgan fingerprint density at radius 3 is 2.53 bits per heavy atom. The molecule has 1 amide bonds. The third-order valence-corrected chi connectivity index (χ3v) is 8.37. The highest BCUT2D eigenvalue weighted by Gasteiger charge is 2.82. The van der Waals surface area contributed by atoms with Crippen molar-refractivity contribution in [2.75, 3.05) is 24.6 Å². The van der Waals surface area contributed by atoms with Crippen LogP contribution < -0.4 is 10.2 Å². The van der Waals surface area contributed by atoms with Crippen molar-refractivity contribution in [3.8, 4) is 0 Å². The Labute approximate surface area is 218 Å². The van der Waals surface area contributed by atoms with Crippen LogP contribution in [0.25, 0.3) is 5.65 Å². The summed E-state index contributed by atoms with van der Waals surface area (Å²) in [6.45, 7) is 2.60. The van der Waals surface area contributed by atoms with Gasteiger partial charge in [-0.15, -0.1) is 0 Å². The minimum absolute atomic E-state index is 0.0101. The lowest BCUT2D eigenvalue weighted by Crippen LogP contribution is -2.43. The summed E-state index contributed by atoms with van der Waals surface area (Å²) < 4.78 is 79.3. The molecule has 0 unspecified atom stereocenters. The zero-order valence-electron chi connectivity index (χ0n) is 20.3. The van der Waals surface area contributed by atoms with Crippen LogP contribution in [0.4, 0.5) is 33.3 Å². The second-order valence-corrected chi connectivity index (χ2v) is 10.9. The third kappa shape index (κ3) is 3.38. The quantitative estimate of drug-likeness (QED) is 0.449. The summed E-state index contributed by atoms with van der Waals surface area (Å²) >= 11 is 5.95. The second kappa shape index (κ2) is 8.01. The summed E-state index contributed by atoms with van der Waals surface area (Å²) in [6.07, 6.45) is -2.69. The smallest absolute Gasteiger partial charge is 0.376 e. The Morgan fingerprint density at radius 1 is 1.24 bits per heavy atom. The summed E-state index contributed by atoms with van der Waals surface area (Å²) in [6, 6.07) is 7.20. The highest BCUT2D eigenvalue weighted by Crippen LogP contribution is 2.71. The fraction of sp³-hybridized carbons (Fsp3) is 0.480. The van der Waals surface area contributed by atoms with Gasteiger partial charge in [0.25, 0.3) is 5.92 Å². The molecule has 2 aliphatic heterocycles. The molecular weight excluding hydrogens is 533 g/mol. The molecule has 1 aliphatic carbocycles. The van der Waals surface area contributed by atoms with Gasteiger partial charge in [0.15, 0.2) is 10.8 Å². The summed E-state index contributed by atoms with van der Waals surface area (Å²) in [5.74, 6) is -5.39. The van der Waals surface area contributed by atoms with Gasteiger partial charge < -0.3 is 15.0 Å². The van der Waals surface area contributed by atoms with Gasteiger partial charge in [0.1, 0.15) is 10.8 Å². The van der Waals surface area contributed by atoms with Crippen LogP contribution in [0.15, 0.2) is 36.5 Å². The molecule has 6 rings (SSSR count). The van der Waals surface area contributed by atoms with Crippen LogP contribution in [-0.2, 0) is 14.9 Å². The summed E-state index contributed by atoms with van der Waals surface area (Å²) in [5, 5.41) is 6.59. The molecule has 4 heterocycles. The van der Waals surface area contributed by atoms with Crippen LogP contribution in [0.3, 0.4) is 0 Å². The Balaban J connectivity index is 1.31. The molecule has 0 spiro atoms. The van der Waals surface area contributed by atoms with E-state index in [-0.39, 0.29) is 40.4 Å². The minimum Gasteiger partial charge on any atom is -0.376 e. The molecule has 13 heteroatoms. The number of hydrogen-bond donors (Lipinski definition) is 1. The van der Waals surface area contributed by atoms with Crippen LogP contribution >= 0.6 is 11.6 Å². The molecule has 0 radical (unpaired) electrons. The molecule has 1 saturated heterocycles. The minimum atomic E-state index is -4.63. The fourth-order valence-corrected chi connectivity index (χ4v) is 5.75. The van der Waals surface area contributed by atoms with Gasteiger partial charge >= 0.3 is 6.18 Å². The number of anilines is 2. The highest BCUT2D eigenvalue weighted by atomic mass is 35.5. The zero-order chi connectivity index (χ0) is 27.3. The molecule has 2 fully saturated rings. The van der Waals surface area contributed by atoms with E-state index in [9.17, 15) is 26.7 Å².